The molecule has 0 spiro atoms. The monoisotopic (exact) mass is 298 g/mol. The summed E-state index contributed by atoms with van der Waals surface area (Å²) in [7, 11) is 0. The Kier molecular flexibility index (Phi) is 4.10. The zero-order valence-electron chi connectivity index (χ0n) is 11.1. The lowest BCUT2D eigenvalue weighted by Gasteiger charge is -2.06. The molecule has 0 aliphatic carbocycles. The van der Waals surface area contributed by atoms with Crippen LogP contribution in [0.15, 0.2) is 29.4 Å². The number of aromatic nitrogens is 3. The maximum atomic E-state index is 12.6. The van der Waals surface area contributed by atoms with E-state index >= 15 is 0 Å². The van der Waals surface area contributed by atoms with Crippen molar-refractivity contribution in [2.75, 3.05) is 11.3 Å². The number of anilines is 1. The highest BCUT2D eigenvalue weighted by Crippen LogP contribution is 2.29. The minimum atomic E-state index is -4.38. The van der Waals surface area contributed by atoms with Gasteiger partial charge in [0.2, 0.25) is 0 Å². The van der Waals surface area contributed by atoms with Gasteiger partial charge in [0.05, 0.1) is 11.8 Å². The Morgan fingerprint density at radius 3 is 2.76 bits per heavy atom. The number of nitrogen functional groups attached to an aromatic ring is 1. The first-order chi connectivity index (χ1) is 9.91. The molecule has 0 bridgehead atoms. The largest absolute Gasteiger partial charge is 0.416 e. The van der Waals surface area contributed by atoms with Gasteiger partial charge in [0, 0.05) is 6.42 Å². The summed E-state index contributed by atoms with van der Waals surface area (Å²) in [4.78, 5) is 0. The highest BCUT2D eigenvalue weighted by molar-refractivity contribution is 5.80. The number of benzene rings is 1. The highest BCUT2D eigenvalue weighted by Gasteiger charge is 2.30. The van der Waals surface area contributed by atoms with Crippen molar-refractivity contribution in [1.29, 1.82) is 0 Å². The fourth-order valence-corrected chi connectivity index (χ4v) is 1.60. The first kappa shape index (κ1) is 14.8. The Morgan fingerprint density at radius 2 is 2.14 bits per heavy atom. The number of aryl methyl sites for hydroxylation is 1. The molecular weight excluding hydrogens is 285 g/mol. The van der Waals surface area contributed by atoms with Crippen LogP contribution in [-0.4, -0.2) is 21.1 Å². The summed E-state index contributed by atoms with van der Waals surface area (Å²) >= 11 is 0. The van der Waals surface area contributed by atoms with Gasteiger partial charge in [-0.25, -0.2) is 10.1 Å². The number of nitrogens with two attached hydrogens (primary N) is 1. The van der Waals surface area contributed by atoms with Crippen molar-refractivity contribution in [2.24, 2.45) is 5.10 Å². The molecular formula is C12H13F3N6. The highest BCUT2D eigenvalue weighted by atomic mass is 19.4. The van der Waals surface area contributed by atoms with Crippen molar-refractivity contribution in [2.45, 2.75) is 19.5 Å². The molecule has 0 fully saturated rings. The van der Waals surface area contributed by atoms with Crippen LogP contribution in [0.3, 0.4) is 0 Å². The molecule has 3 N–H and O–H groups in total. The van der Waals surface area contributed by atoms with E-state index in [1.807, 2.05) is 6.92 Å². The van der Waals surface area contributed by atoms with Crippen LogP contribution in [0.1, 0.15) is 23.9 Å². The summed E-state index contributed by atoms with van der Waals surface area (Å²) in [5, 5.41) is 11.4. The number of hydrazone groups is 1. The molecule has 0 radical (unpaired) electrons. The molecule has 0 saturated heterocycles. The van der Waals surface area contributed by atoms with E-state index in [0.717, 1.165) is 12.1 Å². The molecule has 112 valence electrons. The summed E-state index contributed by atoms with van der Waals surface area (Å²) in [5.41, 5.74) is 2.09. The van der Waals surface area contributed by atoms with Crippen LogP contribution in [0.2, 0.25) is 0 Å². The van der Waals surface area contributed by atoms with Crippen LogP contribution in [0.5, 0.6) is 0 Å². The van der Waals surface area contributed by atoms with E-state index in [9.17, 15) is 13.2 Å². The lowest BCUT2D eigenvalue weighted by atomic mass is 10.1. The minimum absolute atomic E-state index is 0.204. The second-order valence-corrected chi connectivity index (χ2v) is 4.16. The van der Waals surface area contributed by atoms with Crippen molar-refractivity contribution in [3.63, 3.8) is 0 Å². The molecule has 0 amide bonds. The smallest absolute Gasteiger partial charge is 0.335 e. The van der Waals surface area contributed by atoms with Gasteiger partial charge in [-0.2, -0.15) is 18.3 Å². The van der Waals surface area contributed by atoms with Crippen LogP contribution >= 0.6 is 0 Å². The maximum Gasteiger partial charge on any atom is 0.416 e. The van der Waals surface area contributed by atoms with Crippen LogP contribution in [0.25, 0.3) is 0 Å². The summed E-state index contributed by atoms with van der Waals surface area (Å²) in [6.07, 6.45) is -2.54. The molecule has 0 saturated carbocycles. The summed E-state index contributed by atoms with van der Waals surface area (Å²) in [6.45, 7) is 1.86. The minimum Gasteiger partial charge on any atom is -0.335 e. The van der Waals surface area contributed by atoms with Crippen LogP contribution in [0.4, 0.5) is 19.1 Å². The van der Waals surface area contributed by atoms with E-state index in [1.165, 1.54) is 23.0 Å². The van der Waals surface area contributed by atoms with Crippen LogP contribution in [-0.2, 0) is 12.6 Å². The van der Waals surface area contributed by atoms with E-state index in [4.69, 9.17) is 5.84 Å². The van der Waals surface area contributed by atoms with Gasteiger partial charge in [-0.05, 0) is 17.7 Å². The SMILES string of the molecule is CCc1nnc(N/N=C\c2cccc(C(F)(F)F)c2)n1N. The third kappa shape index (κ3) is 3.50. The second-order valence-electron chi connectivity index (χ2n) is 4.16. The number of alkyl halides is 3. The normalized spacial score (nSPS) is 12.0. The number of halogens is 3. The third-order valence-electron chi connectivity index (χ3n) is 2.67. The van der Waals surface area contributed by atoms with Crippen LogP contribution in [0, 0.1) is 0 Å². The number of hydrogen-bond acceptors (Lipinski definition) is 5. The Balaban J connectivity index is 2.09. The average molecular weight is 298 g/mol. The molecule has 1 aromatic carbocycles. The van der Waals surface area contributed by atoms with Gasteiger partial charge in [0.15, 0.2) is 5.82 Å². The standard InChI is InChI=1S/C12H13F3N6/c1-2-10-18-20-11(21(10)16)19-17-7-8-4-3-5-9(6-8)12(13,14)15/h3-7H,2,16H2,1H3,(H,19,20)/b17-7-. The number of nitrogens with one attached hydrogen (secondary N) is 1. The Hall–Kier alpha value is -2.58. The zero-order valence-corrected chi connectivity index (χ0v) is 11.1. The Morgan fingerprint density at radius 1 is 1.38 bits per heavy atom. The first-order valence-electron chi connectivity index (χ1n) is 6.07. The lowest BCUT2D eigenvalue weighted by Crippen LogP contribution is -2.14. The second kappa shape index (κ2) is 5.81. The topological polar surface area (TPSA) is 81.1 Å². The molecule has 1 aromatic heterocycles. The molecule has 0 aliphatic rings. The molecule has 9 heteroatoms. The molecule has 21 heavy (non-hydrogen) atoms. The van der Waals surface area contributed by atoms with Gasteiger partial charge in [-0.15, -0.1) is 10.2 Å². The molecule has 0 unspecified atom stereocenters. The van der Waals surface area contributed by atoms with Crippen molar-refractivity contribution in [3.8, 4) is 0 Å². The van der Waals surface area contributed by atoms with Gasteiger partial charge in [-0.3, -0.25) is 0 Å². The third-order valence-corrected chi connectivity index (χ3v) is 2.67. The molecule has 0 atom stereocenters. The van der Waals surface area contributed by atoms with Gasteiger partial charge in [-0.1, -0.05) is 19.1 Å². The van der Waals surface area contributed by atoms with Crippen LogP contribution < -0.4 is 11.3 Å². The summed E-state index contributed by atoms with van der Waals surface area (Å²) in [5.74, 6) is 6.45. The molecule has 2 rings (SSSR count). The fraction of sp³-hybridized carbons (Fsp3) is 0.250. The molecule has 0 aliphatic heterocycles. The first-order valence-corrected chi connectivity index (χ1v) is 6.07. The van der Waals surface area contributed by atoms with Gasteiger partial charge in [0.1, 0.15) is 0 Å². The van der Waals surface area contributed by atoms with Crippen molar-refractivity contribution in [1.82, 2.24) is 14.9 Å². The molecule has 1 heterocycles. The van der Waals surface area contributed by atoms with E-state index in [-0.39, 0.29) is 5.95 Å². The Bertz CT molecular complexity index is 647. The molecule has 6 nitrogen and oxygen atoms in total. The quantitative estimate of drug-likeness (QED) is 0.514. The number of hydrogen-bond donors (Lipinski definition) is 2. The average Bonchev–Trinajstić information content (AvgIpc) is 2.79. The predicted molar refractivity (Wildman–Crippen MR) is 72.2 cm³/mol. The van der Waals surface area contributed by atoms with E-state index in [2.05, 4.69) is 20.7 Å². The van der Waals surface area contributed by atoms with E-state index < -0.39 is 11.7 Å². The zero-order chi connectivity index (χ0) is 15.5. The maximum absolute atomic E-state index is 12.6. The van der Waals surface area contributed by atoms with Gasteiger partial charge < -0.3 is 5.84 Å². The van der Waals surface area contributed by atoms with E-state index in [0.29, 0.717) is 17.8 Å². The number of rotatable bonds is 4. The summed E-state index contributed by atoms with van der Waals surface area (Å²) < 4.78 is 38.9. The van der Waals surface area contributed by atoms with Gasteiger partial charge >= 0.3 is 6.18 Å². The van der Waals surface area contributed by atoms with Crippen molar-refractivity contribution >= 4 is 12.2 Å². The number of nitrogens with zero attached hydrogens (tertiary/aromatic N) is 4. The predicted octanol–water partition coefficient (Wildman–Crippen LogP) is 2.02. The fourth-order valence-electron chi connectivity index (χ4n) is 1.60. The molecule has 2 aromatic rings. The van der Waals surface area contributed by atoms with Gasteiger partial charge in [0.25, 0.3) is 5.95 Å². The van der Waals surface area contributed by atoms with Crippen molar-refractivity contribution < 1.29 is 13.2 Å². The summed E-state index contributed by atoms with van der Waals surface area (Å²) in [6, 6.07) is 4.81. The van der Waals surface area contributed by atoms with Crippen molar-refractivity contribution in [3.05, 3.63) is 41.2 Å². The Labute approximate surface area is 118 Å². The lowest BCUT2D eigenvalue weighted by molar-refractivity contribution is -0.137. The van der Waals surface area contributed by atoms with E-state index in [1.54, 1.807) is 0 Å².